The fourth-order valence-electron chi connectivity index (χ4n) is 1.27. The average molecular weight is 381 g/mol. The number of carboxylic acids is 1. The van der Waals surface area contributed by atoms with Crippen molar-refractivity contribution < 1.29 is 9.90 Å². The van der Waals surface area contributed by atoms with E-state index in [1.165, 1.54) is 38.5 Å². The van der Waals surface area contributed by atoms with Crippen LogP contribution in [0.2, 0.25) is 0 Å². The first-order chi connectivity index (χ1) is 5.77. The molecule has 2 radical (unpaired) electrons. The zero-order chi connectivity index (χ0) is 9.23. The molecule has 0 atom stereocenters. The Bertz CT molecular complexity index is 100.0. The standard InChI is InChI=1S/C6H12.C4H8O2.Pb.2H/c1-2-4-6-5-3-1;1-2-3-4(5)6;;;/h1-6H2;2-3H2,1H3,(H,5,6);;;. The molecule has 0 aromatic heterocycles. The first-order valence-electron chi connectivity index (χ1n) is 4.99. The Labute approximate surface area is 101 Å². The molecule has 0 aliphatic heterocycles. The minimum absolute atomic E-state index is 0. The minimum atomic E-state index is -0.711. The maximum atomic E-state index is 9.60. The van der Waals surface area contributed by atoms with E-state index >= 15 is 0 Å². The van der Waals surface area contributed by atoms with Gasteiger partial charge in [0, 0.05) is 6.42 Å². The molecule has 0 heterocycles. The fraction of sp³-hybridized carbons (Fsp3) is 0.900. The molecule has 1 fully saturated rings. The van der Waals surface area contributed by atoms with Gasteiger partial charge in [0.25, 0.3) is 0 Å². The van der Waals surface area contributed by atoms with Gasteiger partial charge in [0.2, 0.25) is 0 Å². The predicted molar refractivity (Wildman–Crippen MR) is 58.8 cm³/mol. The maximum absolute atomic E-state index is 9.60. The van der Waals surface area contributed by atoms with Gasteiger partial charge in [-0.3, -0.25) is 4.79 Å². The molecule has 0 unspecified atom stereocenters. The van der Waals surface area contributed by atoms with Crippen molar-refractivity contribution >= 4 is 33.3 Å². The molecule has 13 heavy (non-hydrogen) atoms. The van der Waals surface area contributed by atoms with E-state index in [2.05, 4.69) is 0 Å². The molecule has 0 bridgehead atoms. The molecule has 2 nitrogen and oxygen atoms in total. The van der Waals surface area contributed by atoms with Gasteiger partial charge < -0.3 is 5.11 Å². The molecule has 0 amide bonds. The quantitative estimate of drug-likeness (QED) is 0.746. The normalized spacial score (nSPS) is 14.8. The third-order valence-corrected chi connectivity index (χ3v) is 1.96. The van der Waals surface area contributed by atoms with Crippen LogP contribution in [-0.4, -0.2) is 38.4 Å². The Balaban J connectivity index is 0. The summed E-state index contributed by atoms with van der Waals surface area (Å²) in [6, 6.07) is 0. The summed E-state index contributed by atoms with van der Waals surface area (Å²) in [6.45, 7) is 1.84. The van der Waals surface area contributed by atoms with Crippen LogP contribution in [0.1, 0.15) is 58.3 Å². The van der Waals surface area contributed by atoms with E-state index < -0.39 is 5.97 Å². The van der Waals surface area contributed by atoms with E-state index in [1.807, 2.05) is 6.92 Å². The average Bonchev–Trinajstić information content (AvgIpc) is 2.08. The summed E-state index contributed by atoms with van der Waals surface area (Å²) >= 11 is 0. The van der Waals surface area contributed by atoms with Crippen LogP contribution in [0.5, 0.6) is 0 Å². The van der Waals surface area contributed by atoms with Crippen LogP contribution in [0.3, 0.4) is 0 Å². The van der Waals surface area contributed by atoms with Crippen molar-refractivity contribution in [3.8, 4) is 0 Å². The van der Waals surface area contributed by atoms with Crippen LogP contribution in [0, 0.1) is 0 Å². The van der Waals surface area contributed by atoms with Crippen LogP contribution in [0.15, 0.2) is 0 Å². The SMILES string of the molecule is C1CCCCC1.CCCC(=O)O.[PbH2]. The Kier molecular flexibility index (Phi) is 15.1. The van der Waals surface area contributed by atoms with E-state index in [9.17, 15) is 4.79 Å². The van der Waals surface area contributed by atoms with Gasteiger partial charge in [-0.2, -0.15) is 0 Å². The first kappa shape index (κ1) is 15.8. The van der Waals surface area contributed by atoms with Crippen molar-refractivity contribution in [1.82, 2.24) is 0 Å². The van der Waals surface area contributed by atoms with Gasteiger partial charge in [-0.25, -0.2) is 0 Å². The molecule has 1 rings (SSSR count). The summed E-state index contributed by atoms with van der Waals surface area (Å²) in [5.41, 5.74) is 0. The van der Waals surface area contributed by atoms with Gasteiger partial charge in [-0.15, -0.1) is 0 Å². The summed E-state index contributed by atoms with van der Waals surface area (Å²) in [7, 11) is 0. The van der Waals surface area contributed by atoms with E-state index in [-0.39, 0.29) is 27.3 Å². The van der Waals surface area contributed by atoms with Crippen molar-refractivity contribution in [2.45, 2.75) is 58.3 Å². The zero-order valence-corrected chi connectivity index (χ0v) is 14.2. The molecular weight excluding hydrogens is 359 g/mol. The number of hydrogen-bond donors (Lipinski definition) is 1. The summed E-state index contributed by atoms with van der Waals surface area (Å²) in [4.78, 5) is 9.60. The molecular formula is C10H22O2Pb. The molecule has 78 valence electrons. The van der Waals surface area contributed by atoms with Crippen molar-refractivity contribution in [3.63, 3.8) is 0 Å². The predicted octanol–water partition coefficient (Wildman–Crippen LogP) is 2.30. The van der Waals surface area contributed by atoms with Crippen molar-refractivity contribution in [2.24, 2.45) is 0 Å². The van der Waals surface area contributed by atoms with Gasteiger partial charge in [-0.1, -0.05) is 45.4 Å². The summed E-state index contributed by atoms with van der Waals surface area (Å²) < 4.78 is 0. The third kappa shape index (κ3) is 15.2. The van der Waals surface area contributed by atoms with Crippen LogP contribution in [-0.2, 0) is 4.79 Å². The molecule has 1 aliphatic carbocycles. The first-order valence-corrected chi connectivity index (χ1v) is 4.99. The molecule has 1 saturated carbocycles. The Morgan fingerprint density at radius 1 is 1.08 bits per heavy atom. The number of rotatable bonds is 2. The topological polar surface area (TPSA) is 37.3 Å². The molecule has 0 saturated heterocycles. The van der Waals surface area contributed by atoms with Crippen LogP contribution >= 0.6 is 0 Å². The van der Waals surface area contributed by atoms with Crippen LogP contribution in [0.4, 0.5) is 0 Å². The number of aliphatic carboxylic acids is 1. The van der Waals surface area contributed by atoms with Gasteiger partial charge in [-0.05, 0) is 6.42 Å². The fourth-order valence-corrected chi connectivity index (χ4v) is 1.27. The van der Waals surface area contributed by atoms with Crippen LogP contribution < -0.4 is 0 Å². The summed E-state index contributed by atoms with van der Waals surface area (Å²) in [5.74, 6) is -0.711. The van der Waals surface area contributed by atoms with Crippen molar-refractivity contribution in [1.29, 1.82) is 0 Å². The molecule has 0 aromatic rings. The molecule has 3 heteroatoms. The molecule has 0 aromatic carbocycles. The third-order valence-electron chi connectivity index (χ3n) is 1.96. The Morgan fingerprint density at radius 3 is 1.46 bits per heavy atom. The summed E-state index contributed by atoms with van der Waals surface area (Å²) in [6.07, 6.45) is 10.0. The zero-order valence-electron chi connectivity index (χ0n) is 8.72. The monoisotopic (exact) mass is 382 g/mol. The molecule has 0 spiro atoms. The number of carboxylic acid groups (broad SMARTS) is 1. The Morgan fingerprint density at radius 2 is 1.38 bits per heavy atom. The summed E-state index contributed by atoms with van der Waals surface area (Å²) in [5, 5.41) is 7.91. The second-order valence-electron chi connectivity index (χ2n) is 3.27. The van der Waals surface area contributed by atoms with E-state index in [4.69, 9.17) is 5.11 Å². The van der Waals surface area contributed by atoms with Gasteiger partial charge >= 0.3 is 33.3 Å². The van der Waals surface area contributed by atoms with Crippen molar-refractivity contribution in [3.05, 3.63) is 0 Å². The number of hydrogen-bond acceptors (Lipinski definition) is 1. The van der Waals surface area contributed by atoms with Gasteiger partial charge in [0.1, 0.15) is 0 Å². The molecule has 1 N–H and O–H groups in total. The molecule has 1 aliphatic rings. The van der Waals surface area contributed by atoms with Crippen LogP contribution in [0.25, 0.3) is 0 Å². The van der Waals surface area contributed by atoms with Crippen molar-refractivity contribution in [2.75, 3.05) is 0 Å². The second-order valence-corrected chi connectivity index (χ2v) is 3.27. The van der Waals surface area contributed by atoms with E-state index in [1.54, 1.807) is 0 Å². The van der Waals surface area contributed by atoms with Gasteiger partial charge in [0.05, 0.1) is 0 Å². The second kappa shape index (κ2) is 12.4. The van der Waals surface area contributed by atoms with Gasteiger partial charge in [0.15, 0.2) is 0 Å². The van der Waals surface area contributed by atoms with E-state index in [0.29, 0.717) is 6.42 Å². The van der Waals surface area contributed by atoms with E-state index in [0.717, 1.165) is 6.42 Å². The Hall–Kier alpha value is 0.392. The number of carbonyl (C=O) groups is 1.